The highest BCUT2D eigenvalue weighted by molar-refractivity contribution is 7.13. The lowest BCUT2D eigenvalue weighted by molar-refractivity contribution is 0.111. The van der Waals surface area contributed by atoms with Crippen molar-refractivity contribution in [1.82, 2.24) is 9.97 Å². The van der Waals surface area contributed by atoms with Gasteiger partial charge in [-0.2, -0.15) is 0 Å². The van der Waals surface area contributed by atoms with Gasteiger partial charge in [0.2, 0.25) is 0 Å². The molecule has 0 aliphatic heterocycles. The van der Waals surface area contributed by atoms with Crippen LogP contribution < -0.4 is 0 Å². The van der Waals surface area contributed by atoms with Crippen molar-refractivity contribution in [2.24, 2.45) is 0 Å². The molecule has 3 aromatic rings. The Morgan fingerprint density at radius 1 is 1.22 bits per heavy atom. The van der Waals surface area contributed by atoms with Crippen LogP contribution in [0.5, 0.6) is 0 Å². The van der Waals surface area contributed by atoms with E-state index >= 15 is 0 Å². The summed E-state index contributed by atoms with van der Waals surface area (Å²) in [6, 6.07) is 10.0. The summed E-state index contributed by atoms with van der Waals surface area (Å²) in [6.07, 6.45) is 0.758. The van der Waals surface area contributed by atoms with Crippen molar-refractivity contribution in [2.75, 3.05) is 0 Å². The van der Waals surface area contributed by atoms with Gasteiger partial charge in [-0.1, -0.05) is 18.2 Å². The van der Waals surface area contributed by atoms with Crippen molar-refractivity contribution in [3.05, 3.63) is 47.0 Å². The predicted octanol–water partition coefficient (Wildman–Crippen LogP) is 3.48. The molecule has 0 aliphatic carbocycles. The van der Waals surface area contributed by atoms with Crippen LogP contribution in [-0.2, 0) is 0 Å². The Balaban J connectivity index is 2.20. The number of rotatable bonds is 2. The van der Waals surface area contributed by atoms with Crippen LogP contribution in [0.1, 0.15) is 16.1 Å². The average molecular weight is 254 g/mol. The number of hydrogen-bond donors (Lipinski definition) is 0. The van der Waals surface area contributed by atoms with Crippen LogP contribution in [0.2, 0.25) is 0 Å². The van der Waals surface area contributed by atoms with Crippen molar-refractivity contribution in [3.63, 3.8) is 0 Å². The molecule has 0 amide bonds. The molecule has 0 saturated carbocycles. The van der Waals surface area contributed by atoms with Crippen LogP contribution in [-0.4, -0.2) is 16.3 Å². The number of pyridine rings is 1. The number of carbonyl (C=O) groups is 1. The van der Waals surface area contributed by atoms with Gasteiger partial charge in [0, 0.05) is 10.8 Å². The zero-order valence-corrected chi connectivity index (χ0v) is 10.6. The van der Waals surface area contributed by atoms with Crippen LogP contribution in [0.15, 0.2) is 35.7 Å². The van der Waals surface area contributed by atoms with Crippen molar-refractivity contribution in [2.45, 2.75) is 6.92 Å². The zero-order valence-electron chi connectivity index (χ0n) is 9.75. The van der Waals surface area contributed by atoms with E-state index in [-0.39, 0.29) is 0 Å². The predicted molar refractivity (Wildman–Crippen MR) is 73.0 cm³/mol. The Bertz CT molecular complexity index is 733. The van der Waals surface area contributed by atoms with E-state index in [0.717, 1.165) is 27.9 Å². The number of nitrogens with zero attached hydrogens (tertiary/aromatic N) is 2. The molecule has 0 aliphatic rings. The molecule has 18 heavy (non-hydrogen) atoms. The molecule has 0 atom stereocenters. The molecule has 0 spiro atoms. The number of thiazole rings is 1. The first-order chi connectivity index (χ1) is 8.78. The van der Waals surface area contributed by atoms with E-state index < -0.39 is 0 Å². The topological polar surface area (TPSA) is 42.9 Å². The van der Waals surface area contributed by atoms with E-state index in [0.29, 0.717) is 5.69 Å². The summed E-state index contributed by atoms with van der Waals surface area (Å²) >= 11 is 1.44. The van der Waals surface area contributed by atoms with Crippen molar-refractivity contribution in [3.8, 4) is 10.7 Å². The smallest absolute Gasteiger partial charge is 0.169 e. The van der Waals surface area contributed by atoms with E-state index in [4.69, 9.17) is 0 Å². The maximum absolute atomic E-state index is 10.7. The molecule has 0 N–H and O–H groups in total. The SMILES string of the molecule is Cc1cc(-c2nc(C=O)cs2)nc2ccccc12. The van der Waals surface area contributed by atoms with Gasteiger partial charge < -0.3 is 0 Å². The minimum absolute atomic E-state index is 0.461. The molecule has 3 rings (SSSR count). The third kappa shape index (κ3) is 1.80. The summed E-state index contributed by atoms with van der Waals surface area (Å²) in [5.74, 6) is 0. The summed E-state index contributed by atoms with van der Waals surface area (Å²) in [5.41, 5.74) is 3.40. The summed E-state index contributed by atoms with van der Waals surface area (Å²) in [4.78, 5) is 19.5. The lowest BCUT2D eigenvalue weighted by atomic mass is 10.1. The number of benzene rings is 1. The number of carbonyl (C=O) groups excluding carboxylic acids is 1. The minimum Gasteiger partial charge on any atom is -0.296 e. The van der Waals surface area contributed by atoms with Gasteiger partial charge in [0.25, 0.3) is 0 Å². The Morgan fingerprint density at radius 2 is 2.06 bits per heavy atom. The average Bonchev–Trinajstić information content (AvgIpc) is 2.87. The number of para-hydroxylation sites is 1. The number of aromatic nitrogens is 2. The van der Waals surface area contributed by atoms with Crippen LogP contribution >= 0.6 is 11.3 Å². The largest absolute Gasteiger partial charge is 0.296 e. The minimum atomic E-state index is 0.461. The Kier molecular flexibility index (Phi) is 2.64. The standard InChI is InChI=1S/C14H10N2OS/c1-9-6-13(14-15-10(7-17)8-18-14)16-12-5-3-2-4-11(9)12/h2-8H,1H3. The molecule has 0 radical (unpaired) electrons. The van der Waals surface area contributed by atoms with E-state index in [9.17, 15) is 4.79 Å². The lowest BCUT2D eigenvalue weighted by Gasteiger charge is -2.03. The van der Waals surface area contributed by atoms with E-state index in [2.05, 4.69) is 23.0 Å². The highest BCUT2D eigenvalue weighted by atomic mass is 32.1. The number of hydrogen-bond acceptors (Lipinski definition) is 4. The van der Waals surface area contributed by atoms with Gasteiger partial charge >= 0.3 is 0 Å². The normalized spacial score (nSPS) is 10.7. The molecule has 88 valence electrons. The van der Waals surface area contributed by atoms with Gasteiger partial charge in [-0.05, 0) is 24.6 Å². The van der Waals surface area contributed by atoms with Crippen LogP contribution in [0.25, 0.3) is 21.6 Å². The van der Waals surface area contributed by atoms with Crippen LogP contribution in [0.4, 0.5) is 0 Å². The molecule has 0 bridgehead atoms. The van der Waals surface area contributed by atoms with E-state index in [1.807, 2.05) is 24.3 Å². The molecular formula is C14H10N2OS. The molecule has 3 nitrogen and oxygen atoms in total. The molecule has 0 saturated heterocycles. The summed E-state index contributed by atoms with van der Waals surface area (Å²) in [7, 11) is 0. The highest BCUT2D eigenvalue weighted by Crippen LogP contribution is 2.26. The molecule has 0 unspecified atom stereocenters. The second-order valence-electron chi connectivity index (χ2n) is 4.04. The Morgan fingerprint density at radius 3 is 2.83 bits per heavy atom. The van der Waals surface area contributed by atoms with Crippen molar-refractivity contribution in [1.29, 1.82) is 0 Å². The molecule has 2 aromatic heterocycles. The quantitative estimate of drug-likeness (QED) is 0.657. The third-order valence-electron chi connectivity index (χ3n) is 2.78. The monoisotopic (exact) mass is 254 g/mol. The van der Waals surface area contributed by atoms with Gasteiger partial charge in [0.05, 0.1) is 11.2 Å². The lowest BCUT2D eigenvalue weighted by Crippen LogP contribution is -1.88. The molecule has 1 aromatic carbocycles. The van der Waals surface area contributed by atoms with E-state index in [1.54, 1.807) is 5.38 Å². The van der Waals surface area contributed by atoms with Gasteiger partial charge in [-0.3, -0.25) is 4.79 Å². The molecule has 0 fully saturated rings. The fourth-order valence-corrected chi connectivity index (χ4v) is 2.64. The summed E-state index contributed by atoms with van der Waals surface area (Å²) in [5, 5.41) is 3.67. The van der Waals surface area contributed by atoms with Gasteiger partial charge in [-0.25, -0.2) is 9.97 Å². The first kappa shape index (κ1) is 11.0. The maximum atomic E-state index is 10.7. The zero-order chi connectivity index (χ0) is 12.5. The number of aryl methyl sites for hydroxylation is 1. The maximum Gasteiger partial charge on any atom is 0.169 e. The molecule has 4 heteroatoms. The Hall–Kier alpha value is -2.07. The number of fused-ring (bicyclic) bond motifs is 1. The van der Waals surface area contributed by atoms with Gasteiger partial charge in [0.15, 0.2) is 6.29 Å². The summed E-state index contributed by atoms with van der Waals surface area (Å²) < 4.78 is 0. The van der Waals surface area contributed by atoms with Crippen molar-refractivity contribution < 1.29 is 4.79 Å². The van der Waals surface area contributed by atoms with Crippen molar-refractivity contribution >= 4 is 28.5 Å². The second-order valence-corrected chi connectivity index (χ2v) is 4.90. The summed E-state index contributed by atoms with van der Waals surface area (Å²) in [6.45, 7) is 2.06. The first-order valence-electron chi connectivity index (χ1n) is 5.55. The first-order valence-corrected chi connectivity index (χ1v) is 6.43. The van der Waals surface area contributed by atoms with Crippen LogP contribution in [0, 0.1) is 6.92 Å². The van der Waals surface area contributed by atoms with E-state index in [1.165, 1.54) is 16.9 Å². The third-order valence-corrected chi connectivity index (χ3v) is 3.67. The Labute approximate surface area is 108 Å². The van der Waals surface area contributed by atoms with Crippen LogP contribution in [0.3, 0.4) is 0 Å². The van der Waals surface area contributed by atoms with Gasteiger partial charge in [-0.15, -0.1) is 11.3 Å². The van der Waals surface area contributed by atoms with Gasteiger partial charge in [0.1, 0.15) is 10.7 Å². The fraction of sp³-hybridized carbons (Fsp3) is 0.0714. The molecular weight excluding hydrogens is 244 g/mol. The highest BCUT2D eigenvalue weighted by Gasteiger charge is 2.08. The second kappa shape index (κ2) is 4.31. The fourth-order valence-electron chi connectivity index (χ4n) is 1.92. The number of aldehydes is 1. The molecule has 2 heterocycles.